The molecular weight excluding hydrogens is 318 g/mol. The van der Waals surface area contributed by atoms with Crippen LogP contribution >= 0.6 is 11.6 Å². The number of hydrogen-bond donors (Lipinski definition) is 1. The first-order valence-corrected chi connectivity index (χ1v) is 8.36. The van der Waals surface area contributed by atoms with Gasteiger partial charge in [0.05, 0.1) is 19.8 Å². The minimum Gasteiger partial charge on any atom is -0.378 e. The zero-order valence-electron chi connectivity index (χ0n) is 13.3. The van der Waals surface area contributed by atoms with E-state index in [1.54, 1.807) is 36.1 Å². The van der Waals surface area contributed by atoms with Crippen LogP contribution in [-0.4, -0.2) is 54.4 Å². The fourth-order valence-corrected chi connectivity index (χ4v) is 3.52. The molecule has 2 heterocycles. The Balaban J connectivity index is 1.84. The van der Waals surface area contributed by atoms with Crippen LogP contribution in [0.25, 0.3) is 0 Å². The van der Waals surface area contributed by atoms with Crippen molar-refractivity contribution in [2.24, 2.45) is 0 Å². The van der Waals surface area contributed by atoms with Crippen molar-refractivity contribution in [3.63, 3.8) is 0 Å². The third-order valence-corrected chi connectivity index (χ3v) is 5.01. The molecule has 2 saturated heterocycles. The fraction of sp³-hybridized carbons (Fsp3) is 0.588. The number of carbonyl (C=O) groups excluding carboxylic acids is 1. The summed E-state index contributed by atoms with van der Waals surface area (Å²) in [6.07, 6.45) is 1.06. The molecule has 0 bridgehead atoms. The molecule has 1 aromatic rings. The second-order valence-corrected chi connectivity index (χ2v) is 6.72. The van der Waals surface area contributed by atoms with Crippen LogP contribution in [0.5, 0.6) is 0 Å². The third kappa shape index (κ3) is 3.11. The predicted octanol–water partition coefficient (Wildman–Crippen LogP) is 1.96. The van der Waals surface area contributed by atoms with E-state index >= 15 is 0 Å². The van der Waals surface area contributed by atoms with Gasteiger partial charge in [-0.1, -0.05) is 30.7 Å². The van der Waals surface area contributed by atoms with E-state index in [1.165, 1.54) is 0 Å². The Morgan fingerprint density at radius 3 is 2.96 bits per heavy atom. The Bertz CT molecular complexity index is 588. The van der Waals surface area contributed by atoms with Gasteiger partial charge in [-0.15, -0.1) is 0 Å². The van der Waals surface area contributed by atoms with Gasteiger partial charge < -0.3 is 19.5 Å². The number of nitrogens with zero attached hydrogens (tertiary/aromatic N) is 1. The number of morpholine rings is 1. The van der Waals surface area contributed by atoms with Crippen LogP contribution in [0.15, 0.2) is 24.3 Å². The number of aliphatic hydroxyl groups is 1. The lowest BCUT2D eigenvalue weighted by Crippen LogP contribution is -2.58. The first-order chi connectivity index (χ1) is 11.0. The molecule has 1 amide bonds. The van der Waals surface area contributed by atoms with Crippen molar-refractivity contribution in [3.8, 4) is 0 Å². The highest BCUT2D eigenvalue weighted by Gasteiger charge is 2.46. The molecule has 0 radical (unpaired) electrons. The van der Waals surface area contributed by atoms with Gasteiger partial charge in [0, 0.05) is 24.6 Å². The smallest absolute Gasteiger partial charge is 0.259 e. The number of amides is 1. The van der Waals surface area contributed by atoms with Gasteiger partial charge in [-0.05, 0) is 24.1 Å². The second-order valence-electron chi connectivity index (χ2n) is 6.28. The summed E-state index contributed by atoms with van der Waals surface area (Å²) in [7, 11) is 0. The molecule has 2 atom stereocenters. The molecule has 2 fully saturated rings. The number of benzene rings is 1. The highest BCUT2D eigenvalue weighted by Crippen LogP contribution is 2.33. The van der Waals surface area contributed by atoms with Crippen LogP contribution in [0.3, 0.4) is 0 Å². The Hall–Kier alpha value is -1.14. The van der Waals surface area contributed by atoms with Gasteiger partial charge in [-0.3, -0.25) is 4.79 Å². The SMILES string of the molecule is CC[C@@](O)(C(=O)N1CCO[C@]2(CCOC2)C1)c1cccc(Cl)c1. The summed E-state index contributed by atoms with van der Waals surface area (Å²) in [5.74, 6) is -0.295. The van der Waals surface area contributed by atoms with E-state index in [2.05, 4.69) is 0 Å². The first-order valence-electron chi connectivity index (χ1n) is 7.99. The summed E-state index contributed by atoms with van der Waals surface area (Å²) in [5, 5.41) is 11.6. The van der Waals surface area contributed by atoms with E-state index < -0.39 is 11.2 Å². The highest BCUT2D eigenvalue weighted by molar-refractivity contribution is 6.30. The Morgan fingerprint density at radius 2 is 2.30 bits per heavy atom. The van der Waals surface area contributed by atoms with E-state index in [-0.39, 0.29) is 12.3 Å². The van der Waals surface area contributed by atoms with Gasteiger partial charge in [0.25, 0.3) is 5.91 Å². The van der Waals surface area contributed by atoms with E-state index in [0.717, 1.165) is 6.42 Å². The summed E-state index contributed by atoms with van der Waals surface area (Å²) in [4.78, 5) is 14.7. The van der Waals surface area contributed by atoms with Gasteiger partial charge in [0.2, 0.25) is 0 Å². The van der Waals surface area contributed by atoms with E-state index in [9.17, 15) is 9.90 Å². The van der Waals surface area contributed by atoms with Crippen molar-refractivity contribution in [3.05, 3.63) is 34.9 Å². The van der Waals surface area contributed by atoms with Crippen LogP contribution < -0.4 is 0 Å². The maximum atomic E-state index is 13.0. The molecular formula is C17H22ClNO4. The molecule has 0 aromatic heterocycles. The van der Waals surface area contributed by atoms with Gasteiger partial charge >= 0.3 is 0 Å². The summed E-state index contributed by atoms with van der Waals surface area (Å²) in [6, 6.07) is 6.86. The molecule has 3 rings (SSSR count). The van der Waals surface area contributed by atoms with E-state index in [0.29, 0.717) is 43.5 Å². The Labute approximate surface area is 141 Å². The fourth-order valence-electron chi connectivity index (χ4n) is 3.33. The van der Waals surface area contributed by atoms with Gasteiger partial charge in [0.15, 0.2) is 5.60 Å². The van der Waals surface area contributed by atoms with Crippen molar-refractivity contribution in [1.29, 1.82) is 0 Å². The number of ether oxygens (including phenoxy) is 2. The average molecular weight is 340 g/mol. The highest BCUT2D eigenvalue weighted by atomic mass is 35.5. The monoisotopic (exact) mass is 339 g/mol. The van der Waals surface area contributed by atoms with Crippen molar-refractivity contribution in [2.75, 3.05) is 32.9 Å². The van der Waals surface area contributed by atoms with Crippen molar-refractivity contribution in [1.82, 2.24) is 4.90 Å². The molecule has 5 nitrogen and oxygen atoms in total. The normalized spacial score (nSPS) is 27.2. The van der Waals surface area contributed by atoms with Crippen molar-refractivity contribution in [2.45, 2.75) is 31.0 Å². The molecule has 1 N–H and O–H groups in total. The van der Waals surface area contributed by atoms with E-state index in [1.807, 2.05) is 0 Å². The molecule has 6 heteroatoms. The van der Waals surface area contributed by atoms with Crippen LogP contribution in [-0.2, 0) is 19.9 Å². The minimum atomic E-state index is -1.57. The van der Waals surface area contributed by atoms with Gasteiger partial charge in [0.1, 0.15) is 5.60 Å². The maximum absolute atomic E-state index is 13.0. The standard InChI is InChI=1S/C17H22ClNO4/c1-2-17(21,13-4-3-5-14(18)10-13)15(20)19-7-9-23-16(11-19)6-8-22-12-16/h3-5,10,21H,2,6-9,11-12H2,1H3/t16-,17+/m1/s1. The maximum Gasteiger partial charge on any atom is 0.259 e. The van der Waals surface area contributed by atoms with Gasteiger partial charge in [-0.2, -0.15) is 0 Å². The number of halogens is 1. The Morgan fingerprint density at radius 1 is 1.48 bits per heavy atom. The average Bonchev–Trinajstić information content (AvgIpc) is 3.01. The molecule has 0 saturated carbocycles. The lowest BCUT2D eigenvalue weighted by atomic mass is 9.88. The number of rotatable bonds is 3. The van der Waals surface area contributed by atoms with Gasteiger partial charge in [-0.25, -0.2) is 0 Å². The molecule has 23 heavy (non-hydrogen) atoms. The van der Waals surface area contributed by atoms with Crippen LogP contribution in [0, 0.1) is 0 Å². The lowest BCUT2D eigenvalue weighted by molar-refractivity contribution is -0.169. The first kappa shape index (κ1) is 16.7. The molecule has 1 spiro atoms. The third-order valence-electron chi connectivity index (χ3n) is 4.77. The molecule has 126 valence electrons. The largest absolute Gasteiger partial charge is 0.378 e. The second kappa shape index (κ2) is 6.40. The Kier molecular flexibility index (Phi) is 4.65. The number of hydrogen-bond acceptors (Lipinski definition) is 4. The zero-order chi connectivity index (χ0) is 16.5. The van der Waals surface area contributed by atoms with Crippen LogP contribution in [0.2, 0.25) is 5.02 Å². The van der Waals surface area contributed by atoms with Crippen LogP contribution in [0.4, 0.5) is 0 Å². The molecule has 2 aliphatic rings. The molecule has 0 unspecified atom stereocenters. The van der Waals surface area contributed by atoms with Crippen LogP contribution in [0.1, 0.15) is 25.3 Å². The summed E-state index contributed by atoms with van der Waals surface area (Å²) in [5.41, 5.74) is -1.46. The number of carbonyl (C=O) groups is 1. The summed E-state index contributed by atoms with van der Waals surface area (Å²) < 4.78 is 11.3. The minimum absolute atomic E-state index is 0.285. The summed E-state index contributed by atoms with van der Waals surface area (Å²) >= 11 is 6.02. The predicted molar refractivity (Wildman–Crippen MR) is 86.3 cm³/mol. The van der Waals surface area contributed by atoms with E-state index in [4.69, 9.17) is 21.1 Å². The molecule has 0 aliphatic carbocycles. The topological polar surface area (TPSA) is 59.0 Å². The lowest BCUT2D eigenvalue weighted by Gasteiger charge is -2.42. The van der Waals surface area contributed by atoms with Crippen molar-refractivity contribution >= 4 is 17.5 Å². The summed E-state index contributed by atoms with van der Waals surface area (Å²) in [6.45, 7) is 4.34. The molecule has 1 aromatic carbocycles. The quantitative estimate of drug-likeness (QED) is 0.914. The van der Waals surface area contributed by atoms with Crippen molar-refractivity contribution < 1.29 is 19.4 Å². The zero-order valence-corrected chi connectivity index (χ0v) is 14.0. The molecule has 2 aliphatic heterocycles.